The second-order valence-corrected chi connectivity index (χ2v) is 4.03. The third-order valence-corrected chi connectivity index (χ3v) is 3.01. The molecule has 0 bridgehead atoms. The highest BCUT2D eigenvalue weighted by Gasteiger charge is 2.06. The van der Waals surface area contributed by atoms with Crippen molar-refractivity contribution in [3.05, 3.63) is 21.9 Å². The van der Waals surface area contributed by atoms with Gasteiger partial charge in [-0.05, 0) is 30.4 Å². The van der Waals surface area contributed by atoms with Crippen LogP contribution in [0.2, 0.25) is 0 Å². The van der Waals surface area contributed by atoms with Gasteiger partial charge in [-0.15, -0.1) is 11.3 Å². The van der Waals surface area contributed by atoms with Crippen LogP contribution in [0.15, 0.2) is 11.4 Å². The lowest BCUT2D eigenvalue weighted by Gasteiger charge is -2.08. The first-order valence-corrected chi connectivity index (χ1v) is 5.03. The zero-order valence-corrected chi connectivity index (χ0v) is 8.73. The standard InChI is InChI=1S/C9H14N2OS/c1-7-5-6-13-8(7)3-4-9(12)11(2)10/h5-6H,3-4,10H2,1-2H3. The summed E-state index contributed by atoms with van der Waals surface area (Å²) in [7, 11) is 1.57. The van der Waals surface area contributed by atoms with Crippen LogP contribution in [0.5, 0.6) is 0 Å². The summed E-state index contributed by atoms with van der Waals surface area (Å²) in [4.78, 5) is 12.4. The van der Waals surface area contributed by atoms with Crippen molar-refractivity contribution in [3.63, 3.8) is 0 Å². The van der Waals surface area contributed by atoms with Crippen molar-refractivity contribution < 1.29 is 4.79 Å². The smallest absolute Gasteiger partial charge is 0.236 e. The molecule has 72 valence electrons. The molecule has 0 aliphatic rings. The van der Waals surface area contributed by atoms with Gasteiger partial charge in [0.1, 0.15) is 0 Å². The molecule has 1 heterocycles. The van der Waals surface area contributed by atoms with Gasteiger partial charge >= 0.3 is 0 Å². The summed E-state index contributed by atoms with van der Waals surface area (Å²) in [6.45, 7) is 2.06. The Morgan fingerprint density at radius 3 is 2.85 bits per heavy atom. The number of amides is 1. The maximum absolute atomic E-state index is 11.2. The molecule has 0 aliphatic carbocycles. The maximum atomic E-state index is 11.2. The van der Waals surface area contributed by atoms with Crippen LogP contribution in [0.1, 0.15) is 16.9 Å². The van der Waals surface area contributed by atoms with Crippen LogP contribution >= 0.6 is 11.3 Å². The molecule has 0 saturated heterocycles. The van der Waals surface area contributed by atoms with Gasteiger partial charge in [-0.25, -0.2) is 5.84 Å². The number of aryl methyl sites for hydroxylation is 2. The molecule has 0 aromatic carbocycles. The molecule has 3 nitrogen and oxygen atoms in total. The number of thiophene rings is 1. The first-order valence-electron chi connectivity index (χ1n) is 4.15. The van der Waals surface area contributed by atoms with Gasteiger partial charge < -0.3 is 0 Å². The molecule has 0 atom stereocenters. The van der Waals surface area contributed by atoms with E-state index >= 15 is 0 Å². The van der Waals surface area contributed by atoms with Crippen molar-refractivity contribution in [1.82, 2.24) is 5.01 Å². The van der Waals surface area contributed by atoms with Crippen LogP contribution in [0.3, 0.4) is 0 Å². The van der Waals surface area contributed by atoms with E-state index in [1.165, 1.54) is 10.4 Å². The second-order valence-electron chi connectivity index (χ2n) is 3.03. The van der Waals surface area contributed by atoms with Gasteiger partial charge in [0, 0.05) is 18.3 Å². The fourth-order valence-corrected chi connectivity index (χ4v) is 1.97. The molecule has 1 rings (SSSR count). The zero-order chi connectivity index (χ0) is 9.84. The molecule has 0 aliphatic heterocycles. The van der Waals surface area contributed by atoms with Crippen molar-refractivity contribution in [2.75, 3.05) is 7.05 Å². The molecular weight excluding hydrogens is 184 g/mol. The largest absolute Gasteiger partial charge is 0.284 e. The SMILES string of the molecule is Cc1ccsc1CCC(=O)N(C)N. The molecular formula is C9H14N2OS. The summed E-state index contributed by atoms with van der Waals surface area (Å²) in [5.41, 5.74) is 1.26. The first kappa shape index (κ1) is 10.2. The highest BCUT2D eigenvalue weighted by Crippen LogP contribution is 2.17. The third-order valence-electron chi connectivity index (χ3n) is 1.93. The van der Waals surface area contributed by atoms with Gasteiger partial charge in [0.25, 0.3) is 0 Å². The van der Waals surface area contributed by atoms with E-state index in [9.17, 15) is 4.79 Å². The number of nitrogens with two attached hydrogens (primary N) is 1. The van der Waals surface area contributed by atoms with E-state index in [-0.39, 0.29) is 5.91 Å². The second kappa shape index (κ2) is 4.39. The van der Waals surface area contributed by atoms with Crippen molar-refractivity contribution in [2.24, 2.45) is 5.84 Å². The Morgan fingerprint density at radius 2 is 2.38 bits per heavy atom. The van der Waals surface area contributed by atoms with Gasteiger partial charge in [0.2, 0.25) is 5.91 Å². The Kier molecular flexibility index (Phi) is 3.45. The van der Waals surface area contributed by atoms with E-state index in [1.807, 2.05) is 5.38 Å². The Morgan fingerprint density at radius 1 is 1.69 bits per heavy atom. The predicted octanol–water partition coefficient (Wildman–Crippen LogP) is 1.32. The minimum absolute atomic E-state index is 0.0206. The fraction of sp³-hybridized carbons (Fsp3) is 0.444. The van der Waals surface area contributed by atoms with Crippen molar-refractivity contribution >= 4 is 17.2 Å². The highest BCUT2D eigenvalue weighted by molar-refractivity contribution is 7.10. The normalized spacial score (nSPS) is 10.1. The summed E-state index contributed by atoms with van der Waals surface area (Å²) in [5, 5.41) is 3.18. The Hall–Kier alpha value is -0.870. The molecule has 0 spiro atoms. The van der Waals surface area contributed by atoms with E-state index in [1.54, 1.807) is 18.4 Å². The van der Waals surface area contributed by atoms with Gasteiger partial charge in [0.15, 0.2) is 0 Å². The molecule has 1 aromatic heterocycles. The van der Waals surface area contributed by atoms with Gasteiger partial charge in [-0.1, -0.05) is 0 Å². The lowest BCUT2D eigenvalue weighted by atomic mass is 10.2. The van der Waals surface area contributed by atoms with E-state index < -0.39 is 0 Å². The number of carbonyl (C=O) groups is 1. The average Bonchev–Trinajstić information content (AvgIpc) is 2.47. The molecule has 0 unspecified atom stereocenters. The minimum atomic E-state index is -0.0206. The summed E-state index contributed by atoms with van der Waals surface area (Å²) < 4.78 is 0. The monoisotopic (exact) mass is 198 g/mol. The summed E-state index contributed by atoms with van der Waals surface area (Å²) >= 11 is 1.69. The van der Waals surface area contributed by atoms with E-state index in [0.717, 1.165) is 11.4 Å². The molecule has 2 N–H and O–H groups in total. The Labute approximate surface area is 82.1 Å². The zero-order valence-electron chi connectivity index (χ0n) is 7.91. The fourth-order valence-electron chi connectivity index (χ4n) is 1.06. The van der Waals surface area contributed by atoms with Gasteiger partial charge in [-0.2, -0.15) is 0 Å². The summed E-state index contributed by atoms with van der Waals surface area (Å²) in [5.74, 6) is 5.28. The van der Waals surface area contributed by atoms with E-state index in [2.05, 4.69) is 13.0 Å². The van der Waals surface area contributed by atoms with Crippen molar-refractivity contribution in [1.29, 1.82) is 0 Å². The Bertz CT molecular complexity index is 294. The van der Waals surface area contributed by atoms with Crippen LogP contribution in [0.4, 0.5) is 0 Å². The van der Waals surface area contributed by atoms with E-state index in [0.29, 0.717) is 6.42 Å². The highest BCUT2D eigenvalue weighted by atomic mass is 32.1. The molecule has 0 radical (unpaired) electrons. The molecule has 0 saturated carbocycles. The topological polar surface area (TPSA) is 46.3 Å². The first-order chi connectivity index (χ1) is 6.11. The molecule has 4 heteroatoms. The third kappa shape index (κ3) is 2.82. The molecule has 1 aromatic rings. The average molecular weight is 198 g/mol. The molecule has 0 fully saturated rings. The predicted molar refractivity (Wildman–Crippen MR) is 54.3 cm³/mol. The van der Waals surface area contributed by atoms with Gasteiger partial charge in [-0.3, -0.25) is 9.80 Å². The number of hydrogen-bond acceptors (Lipinski definition) is 3. The molecule has 13 heavy (non-hydrogen) atoms. The maximum Gasteiger partial charge on any atom is 0.236 e. The summed E-state index contributed by atoms with van der Waals surface area (Å²) in [6.07, 6.45) is 1.29. The molecule has 1 amide bonds. The van der Waals surface area contributed by atoms with Crippen LogP contribution < -0.4 is 5.84 Å². The summed E-state index contributed by atoms with van der Waals surface area (Å²) in [6, 6.07) is 2.07. The van der Waals surface area contributed by atoms with Gasteiger partial charge in [0.05, 0.1) is 0 Å². The minimum Gasteiger partial charge on any atom is -0.284 e. The lowest BCUT2D eigenvalue weighted by Crippen LogP contribution is -2.33. The van der Waals surface area contributed by atoms with Crippen LogP contribution in [0.25, 0.3) is 0 Å². The lowest BCUT2D eigenvalue weighted by molar-refractivity contribution is -0.130. The van der Waals surface area contributed by atoms with Crippen molar-refractivity contribution in [2.45, 2.75) is 19.8 Å². The number of nitrogens with zero attached hydrogens (tertiary/aromatic N) is 1. The van der Waals surface area contributed by atoms with Crippen LogP contribution in [-0.2, 0) is 11.2 Å². The number of rotatable bonds is 3. The number of hydrazine groups is 1. The number of carbonyl (C=O) groups excluding carboxylic acids is 1. The van der Waals surface area contributed by atoms with E-state index in [4.69, 9.17) is 5.84 Å². The van der Waals surface area contributed by atoms with Crippen LogP contribution in [0, 0.1) is 6.92 Å². The quantitative estimate of drug-likeness (QED) is 0.452. The van der Waals surface area contributed by atoms with Crippen LogP contribution in [-0.4, -0.2) is 18.0 Å². The number of hydrogen-bond donors (Lipinski definition) is 1. The Balaban J connectivity index is 2.44. The van der Waals surface area contributed by atoms with Crippen molar-refractivity contribution in [3.8, 4) is 0 Å².